The summed E-state index contributed by atoms with van der Waals surface area (Å²) >= 11 is 0. The van der Waals surface area contributed by atoms with E-state index in [2.05, 4.69) is 104 Å². The van der Waals surface area contributed by atoms with Crippen LogP contribution in [0.3, 0.4) is 0 Å². The van der Waals surface area contributed by atoms with E-state index in [-0.39, 0.29) is 17.1 Å². The molecule has 0 spiro atoms. The minimum atomic E-state index is -1.09. The van der Waals surface area contributed by atoms with Gasteiger partial charge in [-0.15, -0.1) is 0 Å². The molecule has 0 saturated heterocycles. The molecule has 2 saturated carbocycles. The second-order valence-electron chi connectivity index (χ2n) is 8.47. The van der Waals surface area contributed by atoms with Crippen molar-refractivity contribution in [1.82, 2.24) is 0 Å². The third-order valence-electron chi connectivity index (χ3n) is 4.79. The summed E-state index contributed by atoms with van der Waals surface area (Å²) in [4.78, 5) is 0. The van der Waals surface area contributed by atoms with Crippen LogP contribution < -0.4 is 0 Å². The topological polar surface area (TPSA) is 0 Å². The Bertz CT molecular complexity index is 303. The van der Waals surface area contributed by atoms with Gasteiger partial charge in [0.15, 0.2) is 0 Å². The monoisotopic (exact) mass is 388 g/mol. The van der Waals surface area contributed by atoms with Crippen LogP contribution in [0.25, 0.3) is 0 Å². The second kappa shape index (κ2) is 9.03. The molecule has 2 aliphatic carbocycles. The van der Waals surface area contributed by atoms with Gasteiger partial charge >= 0.3 is 17.1 Å². The van der Waals surface area contributed by atoms with E-state index in [9.17, 15) is 0 Å². The molecule has 0 amide bonds. The molecule has 122 valence electrons. The van der Waals surface area contributed by atoms with E-state index >= 15 is 0 Å². The zero-order valence-electron chi connectivity index (χ0n) is 15.5. The largest absolute Gasteiger partial charge is 2.00 e. The van der Waals surface area contributed by atoms with Crippen LogP contribution in [0.2, 0.25) is 52.4 Å². The van der Waals surface area contributed by atoms with Crippen LogP contribution in [0.15, 0.2) is 0 Å². The van der Waals surface area contributed by atoms with E-state index in [1.165, 1.54) is 0 Å². The molecule has 0 aromatic heterocycles. The van der Waals surface area contributed by atoms with Gasteiger partial charge in [0.25, 0.3) is 0 Å². The zero-order valence-corrected chi connectivity index (χ0v) is 19.6. The third kappa shape index (κ3) is 6.58. The number of hydrogen-bond acceptors (Lipinski definition) is 0. The SMILES string of the molecule is C[Si](C)(C)[C]1[CH][CH][CH][CH]1.C[Si](C)(C)[Si](C)(C)[C]1[CH][CH][CH][CH]1.[Fe+2]. The minimum Gasteiger partial charge on any atom is -0.0715 e. The fourth-order valence-corrected chi connectivity index (χ4v) is 8.28. The molecule has 0 heterocycles. The Morgan fingerprint density at radius 1 is 0.545 bits per heavy atom. The zero-order chi connectivity index (χ0) is 16.3. The van der Waals surface area contributed by atoms with Crippen LogP contribution in [-0.4, -0.2) is 23.3 Å². The first-order valence-corrected chi connectivity index (χ1v) is 18.9. The van der Waals surface area contributed by atoms with Crippen molar-refractivity contribution in [3.05, 3.63) is 62.4 Å². The van der Waals surface area contributed by atoms with Gasteiger partial charge in [-0.05, 0) is 62.4 Å². The van der Waals surface area contributed by atoms with Crippen molar-refractivity contribution in [2.75, 3.05) is 0 Å². The van der Waals surface area contributed by atoms with E-state index in [4.69, 9.17) is 0 Å². The van der Waals surface area contributed by atoms with Crippen LogP contribution in [0, 0.1) is 62.4 Å². The van der Waals surface area contributed by atoms with E-state index in [1.54, 1.807) is 11.1 Å². The van der Waals surface area contributed by atoms with Crippen molar-refractivity contribution >= 4 is 23.3 Å². The van der Waals surface area contributed by atoms with Gasteiger partial charge in [-0.2, -0.15) is 0 Å². The van der Waals surface area contributed by atoms with Gasteiger partial charge in [-0.1, -0.05) is 52.4 Å². The molecule has 0 atom stereocenters. The maximum absolute atomic E-state index is 2.51. The molecule has 10 radical (unpaired) electrons. The second-order valence-corrected chi connectivity index (χ2v) is 30.1. The molecule has 0 aromatic carbocycles. The Hall–Kier alpha value is 1.17. The standard InChI is InChI=1S/C10H19Si2.C8H13Si.Fe/c1-11(2,3)12(4,5)10-8-6-7-9-10;1-9(2,3)8-6-4-5-7-8;/h6-9H,1-5H3;4-7H,1-3H3;/q;;+2. The first kappa shape index (κ1) is 23.2. The summed E-state index contributed by atoms with van der Waals surface area (Å²) in [6.45, 7) is 19.6. The summed E-state index contributed by atoms with van der Waals surface area (Å²) in [6, 6.07) is 0. The van der Waals surface area contributed by atoms with Gasteiger partial charge in [-0.25, -0.2) is 0 Å². The van der Waals surface area contributed by atoms with Gasteiger partial charge in [0.1, 0.15) is 0 Å². The van der Waals surface area contributed by atoms with Crippen LogP contribution in [0.5, 0.6) is 0 Å². The average Bonchev–Trinajstić information content (AvgIpc) is 3.02. The normalized spacial score (nSPS) is 21.3. The van der Waals surface area contributed by atoms with E-state index < -0.39 is 23.3 Å². The first-order chi connectivity index (χ1) is 9.46. The number of hydrogen-bond donors (Lipinski definition) is 0. The van der Waals surface area contributed by atoms with Crippen molar-refractivity contribution in [3.63, 3.8) is 0 Å². The van der Waals surface area contributed by atoms with Gasteiger partial charge in [0.05, 0.1) is 8.07 Å². The Kier molecular flexibility index (Phi) is 9.51. The van der Waals surface area contributed by atoms with Gasteiger partial charge in [-0.3, -0.25) is 0 Å². The molecule has 2 aliphatic rings. The van der Waals surface area contributed by atoms with Crippen molar-refractivity contribution in [2.45, 2.75) is 52.4 Å². The van der Waals surface area contributed by atoms with Crippen molar-refractivity contribution in [3.8, 4) is 0 Å². The van der Waals surface area contributed by atoms with Crippen LogP contribution in [0.4, 0.5) is 0 Å². The minimum absolute atomic E-state index is 0. The Balaban J connectivity index is 0.000000397. The Morgan fingerprint density at radius 3 is 1.09 bits per heavy atom. The molecule has 0 nitrogen and oxygen atoms in total. The maximum atomic E-state index is 2.51. The molecule has 0 unspecified atom stereocenters. The predicted octanol–water partition coefficient (Wildman–Crippen LogP) is 5.32. The van der Waals surface area contributed by atoms with E-state index in [0.717, 1.165) is 0 Å². The molecule has 22 heavy (non-hydrogen) atoms. The molecule has 2 rings (SSSR count). The average molecular weight is 389 g/mol. The summed E-state index contributed by atoms with van der Waals surface area (Å²) in [7, 11) is -3.02. The smallest absolute Gasteiger partial charge is 0.0715 e. The Morgan fingerprint density at radius 2 is 0.864 bits per heavy atom. The molecule has 4 heteroatoms. The summed E-state index contributed by atoms with van der Waals surface area (Å²) in [5.41, 5.74) is 3.20. The quantitative estimate of drug-likeness (QED) is 0.574. The molecule has 0 aliphatic heterocycles. The van der Waals surface area contributed by atoms with Crippen molar-refractivity contribution in [1.29, 1.82) is 0 Å². The molecule has 0 bridgehead atoms. The molecular formula is C18H32FeSi3+2. The van der Waals surface area contributed by atoms with E-state index in [0.29, 0.717) is 0 Å². The van der Waals surface area contributed by atoms with E-state index in [1.807, 2.05) is 0 Å². The fourth-order valence-electron chi connectivity index (χ4n) is 2.10. The first-order valence-electron chi connectivity index (χ1n) is 7.90. The van der Waals surface area contributed by atoms with Crippen molar-refractivity contribution in [2.24, 2.45) is 0 Å². The van der Waals surface area contributed by atoms with Gasteiger partial charge in [0.2, 0.25) is 0 Å². The predicted molar refractivity (Wildman–Crippen MR) is 105 cm³/mol. The van der Waals surface area contributed by atoms with Crippen LogP contribution in [0.1, 0.15) is 0 Å². The fraction of sp³-hybridized carbons (Fsp3) is 0.444. The van der Waals surface area contributed by atoms with Gasteiger partial charge in [0, 0.05) is 15.2 Å². The third-order valence-corrected chi connectivity index (χ3v) is 24.5. The van der Waals surface area contributed by atoms with Gasteiger partial charge < -0.3 is 0 Å². The molecule has 2 fully saturated rings. The molecular weight excluding hydrogens is 356 g/mol. The van der Waals surface area contributed by atoms with Crippen LogP contribution in [-0.2, 0) is 17.1 Å². The summed E-state index contributed by atoms with van der Waals surface area (Å²) < 4.78 is 0. The van der Waals surface area contributed by atoms with Crippen molar-refractivity contribution < 1.29 is 17.1 Å². The summed E-state index contributed by atoms with van der Waals surface area (Å²) in [5, 5.41) is 0. The molecule has 0 N–H and O–H groups in total. The summed E-state index contributed by atoms with van der Waals surface area (Å²) in [6.07, 6.45) is 17.7. The van der Waals surface area contributed by atoms with Crippen LogP contribution >= 0.6 is 0 Å². The maximum Gasteiger partial charge on any atom is 2.00 e. The summed E-state index contributed by atoms with van der Waals surface area (Å²) in [5.74, 6) is 0. The number of rotatable bonds is 3. The molecule has 0 aromatic rings. The Labute approximate surface area is 154 Å².